The van der Waals surface area contributed by atoms with Crippen molar-refractivity contribution in [2.75, 3.05) is 16.8 Å². The zero-order chi connectivity index (χ0) is 20.3. The minimum atomic E-state index is -1.00. The second-order valence-corrected chi connectivity index (χ2v) is 7.34. The minimum Gasteiger partial charge on any atom is -0.478 e. The van der Waals surface area contributed by atoms with Crippen molar-refractivity contribution in [2.45, 2.75) is 52.0 Å². The van der Waals surface area contributed by atoms with Crippen molar-refractivity contribution in [3.8, 4) is 0 Å². The maximum Gasteiger partial charge on any atom is 0.335 e. The van der Waals surface area contributed by atoms with Crippen LogP contribution in [0.5, 0.6) is 0 Å². The number of nitrogens with zero attached hydrogens (tertiary/aromatic N) is 3. The first-order valence-corrected chi connectivity index (χ1v) is 9.69. The van der Waals surface area contributed by atoms with Crippen LogP contribution in [-0.2, 0) is 0 Å². The van der Waals surface area contributed by atoms with Crippen molar-refractivity contribution in [1.82, 2.24) is 9.97 Å². The van der Waals surface area contributed by atoms with Crippen LogP contribution < -0.4 is 10.2 Å². The van der Waals surface area contributed by atoms with Gasteiger partial charge in [0, 0.05) is 24.0 Å². The summed E-state index contributed by atoms with van der Waals surface area (Å²) in [4.78, 5) is 35.2. The number of anilines is 2. The molecule has 0 atom stereocenters. The van der Waals surface area contributed by atoms with E-state index in [1.165, 1.54) is 18.6 Å². The van der Waals surface area contributed by atoms with Gasteiger partial charge in [-0.1, -0.05) is 13.8 Å². The van der Waals surface area contributed by atoms with E-state index < -0.39 is 5.97 Å². The molecule has 0 saturated heterocycles. The van der Waals surface area contributed by atoms with E-state index in [0.29, 0.717) is 23.4 Å². The summed E-state index contributed by atoms with van der Waals surface area (Å²) >= 11 is 0. The molecular weight excluding hydrogens is 356 g/mol. The molecule has 0 unspecified atom stereocenters. The number of amides is 1. The number of carboxylic acid groups (broad SMARTS) is 1. The molecule has 1 aliphatic carbocycles. The standard InChI is InChI=1S/C21H26N4O3/c1-4-25(16-6-5-7-16)21-23-17(13(2)3)12-18(24-21)19(26)22-15-10-8-14(9-11-15)20(27)28/h8-13,16H,4-7H2,1-3H3,(H,22,26)(H,27,28). The van der Waals surface area contributed by atoms with Crippen LogP contribution in [0.1, 0.15) is 72.5 Å². The molecule has 1 aliphatic rings. The molecule has 1 aromatic carbocycles. The highest BCUT2D eigenvalue weighted by atomic mass is 16.4. The Morgan fingerprint density at radius 3 is 2.39 bits per heavy atom. The van der Waals surface area contributed by atoms with Gasteiger partial charge in [0.15, 0.2) is 0 Å². The molecule has 7 nitrogen and oxygen atoms in total. The molecule has 1 aromatic heterocycles. The van der Waals surface area contributed by atoms with Gasteiger partial charge in [-0.2, -0.15) is 0 Å². The molecule has 3 rings (SSSR count). The molecular formula is C21H26N4O3. The Morgan fingerprint density at radius 1 is 1.21 bits per heavy atom. The van der Waals surface area contributed by atoms with Crippen molar-refractivity contribution < 1.29 is 14.7 Å². The van der Waals surface area contributed by atoms with Gasteiger partial charge in [-0.05, 0) is 62.4 Å². The number of nitrogens with one attached hydrogen (secondary N) is 1. The van der Waals surface area contributed by atoms with Crippen LogP contribution in [0.3, 0.4) is 0 Å². The van der Waals surface area contributed by atoms with Crippen molar-refractivity contribution in [3.05, 3.63) is 47.3 Å². The quantitative estimate of drug-likeness (QED) is 0.753. The minimum absolute atomic E-state index is 0.170. The summed E-state index contributed by atoms with van der Waals surface area (Å²) in [6.07, 6.45) is 3.46. The molecule has 28 heavy (non-hydrogen) atoms. The first-order valence-electron chi connectivity index (χ1n) is 9.69. The first-order chi connectivity index (χ1) is 13.4. The number of carbonyl (C=O) groups excluding carboxylic acids is 1. The van der Waals surface area contributed by atoms with Crippen LogP contribution in [0.4, 0.5) is 11.6 Å². The van der Waals surface area contributed by atoms with Crippen LogP contribution in [0, 0.1) is 0 Å². The average Bonchev–Trinajstić information content (AvgIpc) is 2.64. The summed E-state index contributed by atoms with van der Waals surface area (Å²) in [5, 5.41) is 11.8. The number of carbonyl (C=O) groups is 2. The van der Waals surface area contributed by atoms with E-state index in [1.807, 2.05) is 13.8 Å². The second-order valence-electron chi connectivity index (χ2n) is 7.34. The van der Waals surface area contributed by atoms with E-state index in [-0.39, 0.29) is 17.4 Å². The van der Waals surface area contributed by atoms with Crippen LogP contribution in [0.15, 0.2) is 30.3 Å². The predicted molar refractivity (Wildman–Crippen MR) is 108 cm³/mol. The first kappa shape index (κ1) is 19.8. The Kier molecular flexibility index (Phi) is 5.92. The van der Waals surface area contributed by atoms with E-state index in [4.69, 9.17) is 10.1 Å². The largest absolute Gasteiger partial charge is 0.478 e. The maximum absolute atomic E-state index is 12.8. The Hall–Kier alpha value is -2.96. The van der Waals surface area contributed by atoms with Crippen LogP contribution in [-0.4, -0.2) is 39.5 Å². The van der Waals surface area contributed by atoms with Crippen LogP contribution in [0.2, 0.25) is 0 Å². The number of aromatic nitrogens is 2. The normalized spacial score (nSPS) is 13.9. The van der Waals surface area contributed by atoms with Gasteiger partial charge < -0.3 is 15.3 Å². The van der Waals surface area contributed by atoms with Gasteiger partial charge in [-0.15, -0.1) is 0 Å². The third-order valence-electron chi connectivity index (χ3n) is 5.06. The summed E-state index contributed by atoms with van der Waals surface area (Å²) < 4.78 is 0. The van der Waals surface area contributed by atoms with E-state index in [2.05, 4.69) is 22.1 Å². The SMILES string of the molecule is CCN(c1nc(C(=O)Nc2ccc(C(=O)O)cc2)cc(C(C)C)n1)C1CCC1. The van der Waals surface area contributed by atoms with Crippen molar-refractivity contribution >= 4 is 23.5 Å². The van der Waals surface area contributed by atoms with Crippen molar-refractivity contribution in [3.63, 3.8) is 0 Å². The molecule has 0 bridgehead atoms. The van der Waals surface area contributed by atoms with Gasteiger partial charge in [0.25, 0.3) is 5.91 Å². The maximum atomic E-state index is 12.8. The van der Waals surface area contributed by atoms with Gasteiger partial charge in [0.2, 0.25) is 5.95 Å². The number of aromatic carboxylic acids is 1. The zero-order valence-corrected chi connectivity index (χ0v) is 16.5. The fourth-order valence-corrected chi connectivity index (χ4v) is 3.15. The highest BCUT2D eigenvalue weighted by Gasteiger charge is 2.27. The highest BCUT2D eigenvalue weighted by Crippen LogP contribution is 2.28. The summed E-state index contributed by atoms with van der Waals surface area (Å²) in [6, 6.07) is 8.21. The molecule has 1 heterocycles. The lowest BCUT2D eigenvalue weighted by Gasteiger charge is -2.37. The molecule has 0 radical (unpaired) electrons. The zero-order valence-electron chi connectivity index (χ0n) is 16.5. The molecule has 2 N–H and O–H groups in total. The molecule has 7 heteroatoms. The number of hydrogen-bond acceptors (Lipinski definition) is 5. The van der Waals surface area contributed by atoms with Gasteiger partial charge in [-0.3, -0.25) is 4.79 Å². The van der Waals surface area contributed by atoms with Gasteiger partial charge in [0.1, 0.15) is 5.69 Å². The predicted octanol–water partition coefficient (Wildman–Crippen LogP) is 3.93. The molecule has 0 spiro atoms. The lowest BCUT2D eigenvalue weighted by atomic mass is 9.92. The monoisotopic (exact) mass is 382 g/mol. The Morgan fingerprint density at radius 2 is 1.89 bits per heavy atom. The molecule has 148 valence electrons. The summed E-state index contributed by atoms with van der Waals surface area (Å²) in [6.45, 7) is 6.95. The highest BCUT2D eigenvalue weighted by molar-refractivity contribution is 6.03. The molecule has 1 saturated carbocycles. The van der Waals surface area contributed by atoms with Crippen molar-refractivity contribution in [2.24, 2.45) is 0 Å². The number of carboxylic acids is 1. The Labute approximate surface area is 164 Å². The molecule has 1 fully saturated rings. The fourth-order valence-electron chi connectivity index (χ4n) is 3.15. The van der Waals surface area contributed by atoms with Crippen LogP contribution >= 0.6 is 0 Å². The third kappa shape index (κ3) is 4.30. The second kappa shape index (κ2) is 8.37. The smallest absolute Gasteiger partial charge is 0.335 e. The lowest BCUT2D eigenvalue weighted by molar-refractivity contribution is 0.0696. The van der Waals surface area contributed by atoms with Gasteiger partial charge in [-0.25, -0.2) is 14.8 Å². The summed E-state index contributed by atoms with van der Waals surface area (Å²) in [5.74, 6) is -0.568. The Balaban J connectivity index is 1.86. The molecule has 2 aromatic rings. The number of rotatable bonds is 7. The van der Waals surface area contributed by atoms with Gasteiger partial charge in [0.05, 0.1) is 5.56 Å². The fraction of sp³-hybridized carbons (Fsp3) is 0.429. The molecule has 1 amide bonds. The molecule has 0 aliphatic heterocycles. The van der Waals surface area contributed by atoms with E-state index >= 15 is 0 Å². The third-order valence-corrected chi connectivity index (χ3v) is 5.06. The average molecular weight is 382 g/mol. The van der Waals surface area contributed by atoms with E-state index in [1.54, 1.807) is 18.2 Å². The lowest BCUT2D eigenvalue weighted by Crippen LogP contribution is -2.41. The Bertz CT molecular complexity index is 860. The summed E-state index contributed by atoms with van der Waals surface area (Å²) in [5.41, 5.74) is 1.83. The number of benzene rings is 1. The van der Waals surface area contributed by atoms with Gasteiger partial charge >= 0.3 is 5.97 Å². The topological polar surface area (TPSA) is 95.4 Å². The van der Waals surface area contributed by atoms with E-state index in [0.717, 1.165) is 25.1 Å². The summed E-state index contributed by atoms with van der Waals surface area (Å²) in [7, 11) is 0. The van der Waals surface area contributed by atoms with Crippen molar-refractivity contribution in [1.29, 1.82) is 0 Å². The number of hydrogen-bond donors (Lipinski definition) is 2. The van der Waals surface area contributed by atoms with Crippen LogP contribution in [0.25, 0.3) is 0 Å². The van der Waals surface area contributed by atoms with E-state index in [9.17, 15) is 9.59 Å².